The van der Waals surface area contributed by atoms with E-state index in [1.807, 2.05) is 44.1 Å². The Bertz CT molecular complexity index is 865. The van der Waals surface area contributed by atoms with Crippen LogP contribution in [-0.2, 0) is 16.8 Å². The minimum absolute atomic E-state index is 0.0372. The molecule has 0 heterocycles. The largest absolute Gasteiger partial charge is 0.492 e. The third-order valence-corrected chi connectivity index (χ3v) is 4.80. The van der Waals surface area contributed by atoms with Crippen LogP contribution in [0, 0.1) is 5.41 Å². The Kier molecular flexibility index (Phi) is 7.23. The number of anilines is 1. The van der Waals surface area contributed by atoms with Gasteiger partial charge in [-0.1, -0.05) is 13.0 Å². The lowest BCUT2D eigenvalue weighted by Crippen LogP contribution is -2.41. The van der Waals surface area contributed by atoms with Crippen molar-refractivity contribution in [2.75, 3.05) is 32.6 Å². The Balaban J connectivity index is 2.43. The van der Waals surface area contributed by atoms with Gasteiger partial charge in [-0.2, -0.15) is 0 Å². The molecule has 1 atom stereocenters. The maximum Gasteiger partial charge on any atom is 0.333 e. The zero-order chi connectivity index (χ0) is 21.6. The number of carboxylic acids is 1. The normalized spacial score (nSPS) is 13.0. The van der Waals surface area contributed by atoms with Crippen LogP contribution in [0.5, 0.6) is 5.75 Å². The molecular weight excluding hydrogens is 368 g/mol. The molecule has 2 rings (SSSR count). The summed E-state index contributed by atoms with van der Waals surface area (Å²) in [5.41, 5.74) is 6.88. The predicted molar refractivity (Wildman–Crippen MR) is 116 cm³/mol. The van der Waals surface area contributed by atoms with Gasteiger partial charge in [0, 0.05) is 23.4 Å². The van der Waals surface area contributed by atoms with E-state index in [1.165, 1.54) is 0 Å². The molecule has 0 amide bonds. The molecular formula is C22H30N4O3. The maximum atomic E-state index is 12.4. The van der Waals surface area contributed by atoms with Crippen LogP contribution < -0.4 is 15.8 Å². The summed E-state index contributed by atoms with van der Waals surface area (Å²) < 4.78 is 5.94. The summed E-state index contributed by atoms with van der Waals surface area (Å²) in [7, 11) is 3.91. The van der Waals surface area contributed by atoms with Crippen LogP contribution in [0.3, 0.4) is 0 Å². The number of aliphatic carboxylic acids is 1. The quantitative estimate of drug-likeness (QED) is 0.362. The molecule has 156 valence electrons. The first-order chi connectivity index (χ1) is 13.7. The molecule has 7 nitrogen and oxygen atoms in total. The lowest BCUT2D eigenvalue weighted by molar-refractivity contribution is -0.142. The van der Waals surface area contributed by atoms with E-state index in [-0.39, 0.29) is 5.84 Å². The third kappa shape index (κ3) is 5.48. The number of ether oxygens (including phenoxy) is 1. The lowest BCUT2D eigenvalue weighted by atomic mass is 9.89. The highest BCUT2D eigenvalue weighted by molar-refractivity contribution is 5.95. The molecule has 0 saturated heterocycles. The predicted octanol–water partition coefficient (Wildman–Crippen LogP) is 2.89. The van der Waals surface area contributed by atoms with Gasteiger partial charge in [0.05, 0.1) is 0 Å². The molecule has 1 unspecified atom stereocenters. The maximum absolute atomic E-state index is 12.4. The van der Waals surface area contributed by atoms with Gasteiger partial charge < -0.3 is 25.8 Å². The first-order valence-electron chi connectivity index (χ1n) is 9.54. The number of nitrogens with two attached hydrogens (primary N) is 1. The number of nitrogen functional groups attached to an aromatic ring is 1. The molecule has 0 fully saturated rings. The van der Waals surface area contributed by atoms with Crippen LogP contribution in [0.25, 0.3) is 0 Å². The Morgan fingerprint density at radius 2 is 1.90 bits per heavy atom. The summed E-state index contributed by atoms with van der Waals surface area (Å²) in [4.78, 5) is 14.4. The molecule has 7 heteroatoms. The van der Waals surface area contributed by atoms with Crippen molar-refractivity contribution >= 4 is 17.5 Å². The minimum atomic E-state index is -1.41. The fourth-order valence-electron chi connectivity index (χ4n) is 2.91. The second-order valence-corrected chi connectivity index (χ2v) is 7.38. The molecule has 5 N–H and O–H groups in total. The fourth-order valence-corrected chi connectivity index (χ4v) is 2.91. The number of nitrogens with zero attached hydrogens (tertiary/aromatic N) is 1. The molecule has 29 heavy (non-hydrogen) atoms. The smallest absolute Gasteiger partial charge is 0.333 e. The van der Waals surface area contributed by atoms with Crippen LogP contribution in [-0.4, -0.2) is 49.1 Å². The number of likely N-dealkylation sites (N-methyl/N-ethyl adjacent to an activating group) is 1. The highest BCUT2D eigenvalue weighted by atomic mass is 16.5. The average molecular weight is 399 g/mol. The van der Waals surface area contributed by atoms with Crippen molar-refractivity contribution in [2.24, 2.45) is 5.73 Å². The van der Waals surface area contributed by atoms with Gasteiger partial charge in [-0.05, 0) is 69.4 Å². The molecule has 0 aliphatic heterocycles. The Hall–Kier alpha value is -3.06. The van der Waals surface area contributed by atoms with E-state index in [4.69, 9.17) is 15.9 Å². The molecule has 0 aliphatic rings. The Labute approximate surface area is 172 Å². The van der Waals surface area contributed by atoms with Gasteiger partial charge in [0.15, 0.2) is 5.54 Å². The number of hydrogen-bond donors (Lipinski definition) is 4. The number of nitrogens with one attached hydrogen (secondary N) is 2. The lowest BCUT2D eigenvalue weighted by Gasteiger charge is -2.30. The standard InChI is InChI=1S/C22H30N4O3/c1-5-15-6-11-19(29-13-12-26(3)4)18(14-15)22(2,21(27)28)25-17-9-7-16(8-10-17)20(23)24/h6-11,14,25H,5,12-13H2,1-4H3,(H3,23,24)(H,27,28). The van der Waals surface area contributed by atoms with Crippen LogP contribution in [0.1, 0.15) is 30.5 Å². The summed E-state index contributed by atoms with van der Waals surface area (Å²) in [5.74, 6) is -0.509. The van der Waals surface area contributed by atoms with Crippen LogP contribution in [0.2, 0.25) is 0 Å². The van der Waals surface area contributed by atoms with Gasteiger partial charge in [-0.15, -0.1) is 0 Å². The number of amidine groups is 1. The first-order valence-corrected chi connectivity index (χ1v) is 9.54. The third-order valence-electron chi connectivity index (χ3n) is 4.80. The van der Waals surface area contributed by atoms with Crippen molar-refractivity contribution < 1.29 is 14.6 Å². The second-order valence-electron chi connectivity index (χ2n) is 7.38. The van der Waals surface area contributed by atoms with E-state index in [1.54, 1.807) is 31.2 Å². The van der Waals surface area contributed by atoms with Crippen LogP contribution >= 0.6 is 0 Å². The summed E-state index contributed by atoms with van der Waals surface area (Å²) in [6, 6.07) is 12.5. The van der Waals surface area contributed by atoms with Crippen molar-refractivity contribution in [1.29, 1.82) is 5.41 Å². The van der Waals surface area contributed by atoms with Gasteiger partial charge >= 0.3 is 5.97 Å². The van der Waals surface area contributed by atoms with E-state index in [0.717, 1.165) is 18.5 Å². The number of carbonyl (C=O) groups is 1. The first kappa shape index (κ1) is 22.2. The molecule has 2 aromatic carbocycles. The van der Waals surface area contributed by atoms with Crippen molar-refractivity contribution in [3.05, 3.63) is 59.2 Å². The topological polar surface area (TPSA) is 112 Å². The molecule has 0 spiro atoms. The summed E-state index contributed by atoms with van der Waals surface area (Å²) in [5, 5.41) is 20.7. The molecule has 0 aliphatic carbocycles. The summed E-state index contributed by atoms with van der Waals surface area (Å²) >= 11 is 0. The van der Waals surface area contributed by atoms with Crippen molar-refractivity contribution in [1.82, 2.24) is 4.90 Å². The SMILES string of the molecule is CCc1ccc(OCCN(C)C)c(C(C)(Nc2ccc(C(=N)N)cc2)C(=O)O)c1. The van der Waals surface area contributed by atoms with Gasteiger partial charge in [0.1, 0.15) is 18.2 Å². The van der Waals surface area contributed by atoms with Crippen molar-refractivity contribution in [2.45, 2.75) is 25.8 Å². The highest BCUT2D eigenvalue weighted by Crippen LogP contribution is 2.35. The van der Waals surface area contributed by atoms with Gasteiger partial charge in [0.2, 0.25) is 0 Å². The number of carboxylic acid groups (broad SMARTS) is 1. The number of aryl methyl sites for hydroxylation is 1. The van der Waals surface area contributed by atoms with E-state index in [0.29, 0.717) is 29.2 Å². The molecule has 0 saturated carbocycles. The van der Waals surface area contributed by atoms with Gasteiger partial charge in [-0.25, -0.2) is 4.79 Å². The molecule has 0 bridgehead atoms. The number of benzene rings is 2. The van der Waals surface area contributed by atoms with E-state index in [2.05, 4.69) is 5.32 Å². The van der Waals surface area contributed by atoms with Gasteiger partial charge in [-0.3, -0.25) is 5.41 Å². The van der Waals surface area contributed by atoms with Gasteiger partial charge in [0.25, 0.3) is 0 Å². The van der Waals surface area contributed by atoms with Crippen LogP contribution in [0.4, 0.5) is 5.69 Å². The fraction of sp³-hybridized carbons (Fsp3) is 0.364. The molecule has 0 radical (unpaired) electrons. The monoisotopic (exact) mass is 398 g/mol. The number of hydrogen-bond acceptors (Lipinski definition) is 5. The minimum Gasteiger partial charge on any atom is -0.492 e. The average Bonchev–Trinajstić information content (AvgIpc) is 2.68. The van der Waals surface area contributed by atoms with Crippen molar-refractivity contribution in [3.8, 4) is 5.75 Å². The summed E-state index contributed by atoms with van der Waals surface area (Å²) in [6.45, 7) is 4.83. The van der Waals surface area contributed by atoms with Crippen molar-refractivity contribution in [3.63, 3.8) is 0 Å². The Morgan fingerprint density at radius 3 is 2.41 bits per heavy atom. The highest BCUT2D eigenvalue weighted by Gasteiger charge is 2.38. The zero-order valence-corrected chi connectivity index (χ0v) is 17.5. The summed E-state index contributed by atoms with van der Waals surface area (Å²) in [6.07, 6.45) is 0.786. The van der Waals surface area contributed by atoms with Crippen LogP contribution in [0.15, 0.2) is 42.5 Å². The van der Waals surface area contributed by atoms with E-state index < -0.39 is 11.5 Å². The second kappa shape index (κ2) is 9.43. The zero-order valence-electron chi connectivity index (χ0n) is 17.5. The van der Waals surface area contributed by atoms with E-state index >= 15 is 0 Å². The molecule has 2 aromatic rings. The van der Waals surface area contributed by atoms with E-state index in [9.17, 15) is 9.90 Å². The number of rotatable bonds is 10. The Morgan fingerprint density at radius 1 is 1.24 bits per heavy atom. The molecule has 0 aromatic heterocycles.